The first-order valence-electron chi connectivity index (χ1n) is 3.45. The summed E-state index contributed by atoms with van der Waals surface area (Å²) in [4.78, 5) is 0. The van der Waals surface area contributed by atoms with E-state index in [1.165, 1.54) is 0 Å². The minimum absolute atomic E-state index is 0.223. The summed E-state index contributed by atoms with van der Waals surface area (Å²) >= 11 is 0. The number of hydrogen-bond acceptors (Lipinski definition) is 2. The molecule has 2 atom stereocenters. The Morgan fingerprint density at radius 1 is 1.22 bits per heavy atom. The molecular weight excluding hydrogens is 116 g/mol. The van der Waals surface area contributed by atoms with Gasteiger partial charge in [-0.2, -0.15) is 0 Å². The van der Waals surface area contributed by atoms with Gasteiger partial charge in [-0.15, -0.1) is 0 Å². The molecule has 0 aromatic carbocycles. The molecule has 2 heteroatoms. The third-order valence-corrected chi connectivity index (χ3v) is 1.39. The van der Waals surface area contributed by atoms with Crippen molar-refractivity contribution >= 4 is 0 Å². The van der Waals surface area contributed by atoms with Crippen molar-refractivity contribution in [2.75, 3.05) is 6.61 Å². The standard InChI is InChI=1S/C7H16O2/c1-6(5-8)3-4-7(2)9/h6-9H,3-5H2,1-2H3/t6-,7+/m0/s1. The van der Waals surface area contributed by atoms with Gasteiger partial charge in [0.15, 0.2) is 0 Å². The van der Waals surface area contributed by atoms with Crippen molar-refractivity contribution in [2.45, 2.75) is 32.8 Å². The zero-order valence-corrected chi connectivity index (χ0v) is 6.17. The molecule has 0 saturated heterocycles. The molecule has 0 spiro atoms. The van der Waals surface area contributed by atoms with Crippen molar-refractivity contribution in [2.24, 2.45) is 5.92 Å². The van der Waals surface area contributed by atoms with E-state index >= 15 is 0 Å². The van der Waals surface area contributed by atoms with Gasteiger partial charge in [0.05, 0.1) is 6.10 Å². The fraction of sp³-hybridized carbons (Fsp3) is 1.00. The van der Waals surface area contributed by atoms with Crippen molar-refractivity contribution in [3.05, 3.63) is 0 Å². The molecule has 0 heterocycles. The minimum Gasteiger partial charge on any atom is -0.396 e. The van der Waals surface area contributed by atoms with E-state index < -0.39 is 0 Å². The SMILES string of the molecule is C[C@H](CO)CC[C@@H](C)O. The molecule has 0 aliphatic heterocycles. The molecule has 56 valence electrons. The Labute approximate surface area is 56.5 Å². The van der Waals surface area contributed by atoms with E-state index in [0.717, 1.165) is 12.8 Å². The molecule has 2 nitrogen and oxygen atoms in total. The Bertz CT molecular complexity index is 61.9. The van der Waals surface area contributed by atoms with Gasteiger partial charge in [-0.1, -0.05) is 6.92 Å². The first-order chi connectivity index (χ1) is 4.16. The third kappa shape index (κ3) is 5.80. The van der Waals surface area contributed by atoms with Crippen LogP contribution in [0.25, 0.3) is 0 Å². The Balaban J connectivity index is 3.06. The van der Waals surface area contributed by atoms with Crippen LogP contribution in [-0.4, -0.2) is 22.9 Å². The molecular formula is C7H16O2. The fourth-order valence-corrected chi connectivity index (χ4v) is 0.617. The zero-order chi connectivity index (χ0) is 7.28. The predicted molar refractivity (Wildman–Crippen MR) is 37.2 cm³/mol. The molecule has 0 fully saturated rings. The van der Waals surface area contributed by atoms with Crippen molar-refractivity contribution in [3.63, 3.8) is 0 Å². The summed E-state index contributed by atoms with van der Waals surface area (Å²) in [6.07, 6.45) is 1.48. The Morgan fingerprint density at radius 2 is 1.78 bits per heavy atom. The maximum Gasteiger partial charge on any atom is 0.0512 e. The molecule has 0 radical (unpaired) electrons. The monoisotopic (exact) mass is 132 g/mol. The highest BCUT2D eigenvalue weighted by Gasteiger charge is 2.01. The molecule has 0 aromatic rings. The maximum absolute atomic E-state index is 8.82. The van der Waals surface area contributed by atoms with Gasteiger partial charge < -0.3 is 10.2 Å². The van der Waals surface area contributed by atoms with Crippen LogP contribution < -0.4 is 0 Å². The lowest BCUT2D eigenvalue weighted by Crippen LogP contribution is -2.06. The Kier molecular flexibility index (Phi) is 4.72. The molecule has 0 unspecified atom stereocenters. The first-order valence-corrected chi connectivity index (χ1v) is 3.45. The first kappa shape index (κ1) is 8.92. The molecule has 9 heavy (non-hydrogen) atoms. The molecule has 0 bridgehead atoms. The van der Waals surface area contributed by atoms with Crippen LogP contribution in [0.5, 0.6) is 0 Å². The van der Waals surface area contributed by atoms with Crippen molar-refractivity contribution in [3.8, 4) is 0 Å². The van der Waals surface area contributed by atoms with E-state index in [9.17, 15) is 0 Å². The van der Waals surface area contributed by atoms with Gasteiger partial charge in [0, 0.05) is 6.61 Å². The van der Waals surface area contributed by atoms with Gasteiger partial charge in [-0.05, 0) is 25.7 Å². The van der Waals surface area contributed by atoms with E-state index in [1.807, 2.05) is 6.92 Å². The van der Waals surface area contributed by atoms with Crippen LogP contribution in [-0.2, 0) is 0 Å². The van der Waals surface area contributed by atoms with Crippen LogP contribution in [0.3, 0.4) is 0 Å². The summed E-state index contributed by atoms with van der Waals surface area (Å²) in [7, 11) is 0. The molecule has 0 aromatic heterocycles. The predicted octanol–water partition coefficient (Wildman–Crippen LogP) is 0.776. The number of rotatable bonds is 4. The second-order valence-electron chi connectivity index (χ2n) is 2.71. The van der Waals surface area contributed by atoms with Crippen molar-refractivity contribution in [1.29, 1.82) is 0 Å². The number of aliphatic hydroxyl groups is 2. The highest BCUT2D eigenvalue weighted by Crippen LogP contribution is 2.05. The lowest BCUT2D eigenvalue weighted by atomic mass is 10.0. The van der Waals surface area contributed by atoms with Crippen LogP contribution in [0.2, 0.25) is 0 Å². The largest absolute Gasteiger partial charge is 0.396 e. The molecule has 0 aliphatic carbocycles. The fourth-order valence-electron chi connectivity index (χ4n) is 0.617. The third-order valence-electron chi connectivity index (χ3n) is 1.39. The Morgan fingerprint density at radius 3 is 2.11 bits per heavy atom. The smallest absolute Gasteiger partial charge is 0.0512 e. The van der Waals surface area contributed by atoms with Crippen LogP contribution in [0.4, 0.5) is 0 Å². The molecule has 2 N–H and O–H groups in total. The van der Waals surface area contributed by atoms with Crippen LogP contribution >= 0.6 is 0 Å². The van der Waals surface area contributed by atoms with Gasteiger partial charge in [-0.25, -0.2) is 0 Å². The zero-order valence-electron chi connectivity index (χ0n) is 6.17. The second-order valence-corrected chi connectivity index (χ2v) is 2.71. The summed E-state index contributed by atoms with van der Waals surface area (Å²) in [5.41, 5.74) is 0. The summed E-state index contributed by atoms with van der Waals surface area (Å²) in [6.45, 7) is 3.97. The van der Waals surface area contributed by atoms with E-state index in [4.69, 9.17) is 10.2 Å². The topological polar surface area (TPSA) is 40.5 Å². The van der Waals surface area contributed by atoms with Crippen LogP contribution in [0, 0.1) is 5.92 Å². The van der Waals surface area contributed by atoms with Gasteiger partial charge in [-0.3, -0.25) is 0 Å². The summed E-state index contributed by atoms with van der Waals surface area (Å²) in [5.74, 6) is 0.333. The van der Waals surface area contributed by atoms with Gasteiger partial charge in [0.2, 0.25) is 0 Å². The lowest BCUT2D eigenvalue weighted by Gasteiger charge is -2.07. The highest BCUT2D eigenvalue weighted by molar-refractivity contribution is 4.53. The highest BCUT2D eigenvalue weighted by atomic mass is 16.3. The van der Waals surface area contributed by atoms with Crippen molar-refractivity contribution in [1.82, 2.24) is 0 Å². The van der Waals surface area contributed by atoms with Crippen molar-refractivity contribution < 1.29 is 10.2 Å². The maximum atomic E-state index is 8.82. The van der Waals surface area contributed by atoms with Crippen LogP contribution in [0.15, 0.2) is 0 Å². The van der Waals surface area contributed by atoms with Gasteiger partial charge in [0.25, 0.3) is 0 Å². The molecule has 0 rings (SSSR count). The number of hydrogen-bond donors (Lipinski definition) is 2. The normalized spacial score (nSPS) is 17.3. The number of aliphatic hydroxyl groups excluding tert-OH is 2. The Hall–Kier alpha value is -0.0800. The average Bonchev–Trinajstić information content (AvgIpc) is 1.83. The lowest BCUT2D eigenvalue weighted by molar-refractivity contribution is 0.160. The second kappa shape index (κ2) is 4.77. The molecule has 0 saturated carbocycles. The van der Waals surface area contributed by atoms with E-state index in [1.54, 1.807) is 6.92 Å². The minimum atomic E-state index is -0.223. The van der Waals surface area contributed by atoms with Gasteiger partial charge in [0.1, 0.15) is 0 Å². The van der Waals surface area contributed by atoms with E-state index in [0.29, 0.717) is 5.92 Å². The summed E-state index contributed by atoms with van der Waals surface area (Å²) in [6, 6.07) is 0. The summed E-state index contributed by atoms with van der Waals surface area (Å²) in [5, 5.41) is 17.4. The summed E-state index contributed by atoms with van der Waals surface area (Å²) < 4.78 is 0. The van der Waals surface area contributed by atoms with E-state index in [-0.39, 0.29) is 12.7 Å². The quantitative estimate of drug-likeness (QED) is 0.593. The average molecular weight is 132 g/mol. The molecule has 0 aliphatic rings. The van der Waals surface area contributed by atoms with Crippen LogP contribution in [0.1, 0.15) is 26.7 Å². The van der Waals surface area contributed by atoms with E-state index in [2.05, 4.69) is 0 Å². The molecule has 0 amide bonds. The van der Waals surface area contributed by atoms with Gasteiger partial charge >= 0.3 is 0 Å².